The standard InChI is InChI=1S/C25H28N8O2/c1-3-4-13-33(24-20(16-35-25(26)34)14-27-17(2)28-24)15-18-9-11-19(12-10-18)21-7-5-6-8-22(21)23-29-31-32-30-23/h5-12,14H,3-4,13,15-16H2,1-2H3,(H2,26,34)(H,29,30,31,32). The second kappa shape index (κ2) is 11.2. The number of anilines is 1. The highest BCUT2D eigenvalue weighted by atomic mass is 16.5. The molecule has 1 amide bonds. The summed E-state index contributed by atoms with van der Waals surface area (Å²) >= 11 is 0. The molecular weight excluding hydrogens is 444 g/mol. The van der Waals surface area contributed by atoms with Crippen LogP contribution in [0.3, 0.4) is 0 Å². The molecule has 2 aromatic heterocycles. The Balaban J connectivity index is 1.60. The van der Waals surface area contributed by atoms with Gasteiger partial charge < -0.3 is 15.4 Å². The van der Waals surface area contributed by atoms with E-state index in [4.69, 9.17) is 10.5 Å². The van der Waals surface area contributed by atoms with E-state index in [0.717, 1.165) is 53.0 Å². The number of carbonyl (C=O) groups is 1. The molecule has 2 aromatic carbocycles. The maximum Gasteiger partial charge on any atom is 0.404 e. The number of amides is 1. The van der Waals surface area contributed by atoms with Crippen molar-refractivity contribution in [2.75, 3.05) is 11.4 Å². The zero-order valence-electron chi connectivity index (χ0n) is 19.8. The maximum absolute atomic E-state index is 11.2. The number of primary amides is 1. The number of aryl methyl sites for hydroxylation is 1. The van der Waals surface area contributed by atoms with E-state index in [2.05, 4.69) is 66.7 Å². The number of hydrogen-bond acceptors (Lipinski definition) is 8. The SMILES string of the molecule is CCCCN(Cc1ccc(-c2ccccc2-c2nn[nH]n2)cc1)c1nc(C)ncc1COC(N)=O. The molecular formula is C25H28N8O2. The second-order valence-electron chi connectivity index (χ2n) is 8.13. The number of ether oxygens (including phenoxy) is 1. The van der Waals surface area contributed by atoms with Gasteiger partial charge in [0.25, 0.3) is 0 Å². The average Bonchev–Trinajstić information content (AvgIpc) is 3.41. The summed E-state index contributed by atoms with van der Waals surface area (Å²) < 4.78 is 5.04. The minimum Gasteiger partial charge on any atom is -0.445 e. The van der Waals surface area contributed by atoms with Crippen molar-refractivity contribution in [1.29, 1.82) is 0 Å². The number of H-pyrrole nitrogens is 1. The molecule has 0 aliphatic carbocycles. The molecule has 0 bridgehead atoms. The predicted molar refractivity (Wildman–Crippen MR) is 132 cm³/mol. The zero-order valence-corrected chi connectivity index (χ0v) is 19.8. The molecule has 0 fully saturated rings. The lowest BCUT2D eigenvalue weighted by molar-refractivity contribution is 0.150. The molecule has 3 N–H and O–H groups in total. The highest BCUT2D eigenvalue weighted by molar-refractivity contribution is 5.80. The van der Waals surface area contributed by atoms with Crippen LogP contribution in [0.25, 0.3) is 22.5 Å². The predicted octanol–water partition coefficient (Wildman–Crippen LogP) is 4.03. The summed E-state index contributed by atoms with van der Waals surface area (Å²) in [7, 11) is 0. The van der Waals surface area contributed by atoms with Crippen molar-refractivity contribution >= 4 is 11.9 Å². The Morgan fingerprint density at radius 3 is 2.57 bits per heavy atom. The van der Waals surface area contributed by atoms with Crippen LogP contribution in [0.4, 0.5) is 10.6 Å². The Hall–Kier alpha value is -4.34. The third-order valence-corrected chi connectivity index (χ3v) is 5.56. The van der Waals surface area contributed by atoms with Gasteiger partial charge in [-0.3, -0.25) is 0 Å². The third kappa shape index (κ3) is 5.97. The first-order valence-electron chi connectivity index (χ1n) is 11.5. The van der Waals surface area contributed by atoms with Crippen LogP contribution in [0, 0.1) is 6.92 Å². The molecule has 0 unspecified atom stereocenters. The topological polar surface area (TPSA) is 136 Å². The summed E-state index contributed by atoms with van der Waals surface area (Å²) in [6.07, 6.45) is 2.90. The molecule has 0 aliphatic heterocycles. The maximum atomic E-state index is 11.2. The first-order chi connectivity index (χ1) is 17.0. The van der Waals surface area contributed by atoms with Crippen molar-refractivity contribution in [2.45, 2.75) is 39.8 Å². The van der Waals surface area contributed by atoms with Gasteiger partial charge in [0.05, 0.1) is 5.56 Å². The molecule has 0 saturated heterocycles. The van der Waals surface area contributed by atoms with E-state index in [9.17, 15) is 4.79 Å². The van der Waals surface area contributed by atoms with Gasteiger partial charge >= 0.3 is 6.09 Å². The van der Waals surface area contributed by atoms with Gasteiger partial charge in [-0.25, -0.2) is 14.8 Å². The smallest absolute Gasteiger partial charge is 0.404 e. The first-order valence-corrected chi connectivity index (χ1v) is 11.5. The van der Waals surface area contributed by atoms with Gasteiger partial charge in [0.2, 0.25) is 5.82 Å². The summed E-state index contributed by atoms with van der Waals surface area (Å²) in [6, 6.07) is 16.4. The van der Waals surface area contributed by atoms with Crippen molar-refractivity contribution in [2.24, 2.45) is 5.73 Å². The summed E-state index contributed by atoms with van der Waals surface area (Å²) in [4.78, 5) is 22.3. The van der Waals surface area contributed by atoms with Gasteiger partial charge in [0.1, 0.15) is 18.2 Å². The number of rotatable bonds is 10. The van der Waals surface area contributed by atoms with Crippen LogP contribution in [0.1, 0.15) is 36.7 Å². The van der Waals surface area contributed by atoms with E-state index >= 15 is 0 Å². The van der Waals surface area contributed by atoms with E-state index in [1.54, 1.807) is 6.20 Å². The van der Waals surface area contributed by atoms with Crippen LogP contribution >= 0.6 is 0 Å². The quantitative estimate of drug-likeness (QED) is 0.353. The molecule has 2 heterocycles. The number of aromatic amines is 1. The molecule has 10 nitrogen and oxygen atoms in total. The van der Waals surface area contributed by atoms with Crippen molar-refractivity contribution in [3.05, 3.63) is 71.7 Å². The lowest BCUT2D eigenvalue weighted by Crippen LogP contribution is -2.27. The molecule has 0 spiro atoms. The summed E-state index contributed by atoms with van der Waals surface area (Å²) in [5.74, 6) is 1.96. The third-order valence-electron chi connectivity index (χ3n) is 5.56. The summed E-state index contributed by atoms with van der Waals surface area (Å²) in [6.45, 7) is 5.47. The summed E-state index contributed by atoms with van der Waals surface area (Å²) in [5.41, 5.74) is 10.0. The number of nitrogens with zero attached hydrogens (tertiary/aromatic N) is 6. The number of unbranched alkanes of at least 4 members (excludes halogenated alkanes) is 1. The summed E-state index contributed by atoms with van der Waals surface area (Å²) in [5, 5.41) is 14.5. The van der Waals surface area contributed by atoms with E-state index in [1.807, 2.05) is 31.2 Å². The zero-order chi connectivity index (χ0) is 24.6. The fourth-order valence-corrected chi connectivity index (χ4v) is 3.83. The Morgan fingerprint density at radius 1 is 1.11 bits per heavy atom. The van der Waals surface area contributed by atoms with Gasteiger partial charge in [-0.15, -0.1) is 10.2 Å². The molecule has 35 heavy (non-hydrogen) atoms. The van der Waals surface area contributed by atoms with E-state index in [0.29, 0.717) is 18.2 Å². The molecule has 180 valence electrons. The van der Waals surface area contributed by atoms with E-state index in [-0.39, 0.29) is 6.61 Å². The number of aromatic nitrogens is 6. The molecule has 0 radical (unpaired) electrons. The average molecular weight is 473 g/mol. The molecule has 0 saturated carbocycles. The minimum absolute atomic E-state index is 0.0272. The highest BCUT2D eigenvalue weighted by Crippen LogP contribution is 2.30. The van der Waals surface area contributed by atoms with Crippen molar-refractivity contribution < 1.29 is 9.53 Å². The van der Waals surface area contributed by atoms with Crippen LogP contribution < -0.4 is 10.6 Å². The van der Waals surface area contributed by atoms with Gasteiger partial charge in [0, 0.05) is 24.8 Å². The molecule has 0 aliphatic rings. The molecule has 4 rings (SSSR count). The number of hydrogen-bond donors (Lipinski definition) is 2. The van der Waals surface area contributed by atoms with Crippen LogP contribution in [0.2, 0.25) is 0 Å². The van der Waals surface area contributed by atoms with Crippen LogP contribution in [0.15, 0.2) is 54.7 Å². The van der Waals surface area contributed by atoms with Gasteiger partial charge in [0.15, 0.2) is 0 Å². The van der Waals surface area contributed by atoms with E-state index < -0.39 is 6.09 Å². The largest absolute Gasteiger partial charge is 0.445 e. The van der Waals surface area contributed by atoms with Crippen LogP contribution in [-0.4, -0.2) is 43.2 Å². The van der Waals surface area contributed by atoms with Crippen molar-refractivity contribution in [3.8, 4) is 22.5 Å². The van der Waals surface area contributed by atoms with Crippen molar-refractivity contribution in [1.82, 2.24) is 30.6 Å². The molecule has 0 atom stereocenters. The lowest BCUT2D eigenvalue weighted by atomic mass is 9.98. The number of carbonyl (C=O) groups excluding carboxylic acids is 1. The van der Waals surface area contributed by atoms with E-state index in [1.165, 1.54) is 0 Å². The second-order valence-corrected chi connectivity index (χ2v) is 8.13. The van der Waals surface area contributed by atoms with Crippen LogP contribution in [0.5, 0.6) is 0 Å². The first kappa shape index (κ1) is 23.8. The Labute approximate surface area is 203 Å². The van der Waals surface area contributed by atoms with Gasteiger partial charge in [-0.05, 0) is 35.2 Å². The molecule has 10 heteroatoms. The Kier molecular flexibility index (Phi) is 7.61. The normalized spacial score (nSPS) is 10.8. The van der Waals surface area contributed by atoms with Crippen molar-refractivity contribution in [3.63, 3.8) is 0 Å². The minimum atomic E-state index is -0.826. The number of tetrazole rings is 1. The monoisotopic (exact) mass is 472 g/mol. The molecule has 4 aromatic rings. The van der Waals surface area contributed by atoms with Gasteiger partial charge in [-0.2, -0.15) is 5.21 Å². The number of nitrogens with two attached hydrogens (primary N) is 1. The highest BCUT2D eigenvalue weighted by Gasteiger charge is 2.16. The van der Waals surface area contributed by atoms with Gasteiger partial charge in [-0.1, -0.05) is 61.9 Å². The fraction of sp³-hybridized carbons (Fsp3) is 0.280. The Bertz CT molecular complexity index is 1260. The fourth-order valence-electron chi connectivity index (χ4n) is 3.83. The number of benzene rings is 2. The number of nitrogens with one attached hydrogen (secondary N) is 1. The van der Waals surface area contributed by atoms with Crippen LogP contribution in [-0.2, 0) is 17.9 Å². The lowest BCUT2D eigenvalue weighted by Gasteiger charge is -2.26. The Morgan fingerprint density at radius 2 is 1.89 bits per heavy atom.